The molecule has 1 heterocycles. The van der Waals surface area contributed by atoms with Gasteiger partial charge in [-0.3, -0.25) is 19.7 Å². The molecule has 2 aromatic rings. The van der Waals surface area contributed by atoms with Crippen LogP contribution in [0.4, 0.5) is 17.1 Å². The summed E-state index contributed by atoms with van der Waals surface area (Å²) in [4.78, 5) is 15.6. The zero-order valence-electron chi connectivity index (χ0n) is 19.0. The lowest BCUT2D eigenvalue weighted by molar-refractivity contribution is -0.384. The second-order valence-corrected chi connectivity index (χ2v) is 10.1. The van der Waals surface area contributed by atoms with E-state index in [0.29, 0.717) is 17.9 Å². The largest absolute Gasteiger partial charge is 0.378 e. The van der Waals surface area contributed by atoms with Gasteiger partial charge >= 0.3 is 0 Å². The van der Waals surface area contributed by atoms with Gasteiger partial charge in [0.25, 0.3) is 15.7 Å². The third-order valence-corrected chi connectivity index (χ3v) is 7.21. The van der Waals surface area contributed by atoms with Gasteiger partial charge in [-0.1, -0.05) is 17.7 Å². The number of likely N-dealkylation sites (N-methyl/N-ethyl adjacent to an activating group) is 1. The molecule has 174 valence electrons. The highest BCUT2D eigenvalue weighted by atomic mass is 32.2. The second kappa shape index (κ2) is 9.85. The summed E-state index contributed by atoms with van der Waals surface area (Å²) in [6.45, 7) is 10.2. The van der Waals surface area contributed by atoms with Crippen molar-refractivity contribution in [1.82, 2.24) is 9.80 Å². The fourth-order valence-corrected chi connectivity index (χ4v) is 4.91. The van der Waals surface area contributed by atoms with Crippen molar-refractivity contribution in [2.24, 2.45) is 0 Å². The maximum absolute atomic E-state index is 12.9. The average Bonchev–Trinajstić information content (AvgIpc) is 2.74. The first-order valence-electron chi connectivity index (χ1n) is 10.6. The monoisotopic (exact) mass is 461 g/mol. The van der Waals surface area contributed by atoms with Gasteiger partial charge in [0.05, 0.1) is 15.5 Å². The van der Waals surface area contributed by atoms with Gasteiger partial charge < -0.3 is 10.2 Å². The van der Waals surface area contributed by atoms with Crippen LogP contribution in [0, 0.1) is 24.0 Å². The quantitative estimate of drug-likeness (QED) is 0.459. The molecule has 1 aliphatic heterocycles. The Morgan fingerprint density at radius 2 is 1.72 bits per heavy atom. The van der Waals surface area contributed by atoms with Crippen LogP contribution in [0.1, 0.15) is 18.1 Å². The normalized spacial score (nSPS) is 16.5. The first-order chi connectivity index (χ1) is 15.1. The fourth-order valence-electron chi connectivity index (χ4n) is 3.76. The number of anilines is 2. The van der Waals surface area contributed by atoms with Crippen molar-refractivity contribution in [3.05, 3.63) is 57.6 Å². The molecule has 10 heteroatoms. The van der Waals surface area contributed by atoms with Crippen LogP contribution in [0.25, 0.3) is 0 Å². The van der Waals surface area contributed by atoms with Crippen LogP contribution < -0.4 is 10.0 Å². The molecular formula is C22H31N5O4S. The molecule has 2 N–H and O–H groups in total. The number of benzene rings is 2. The van der Waals surface area contributed by atoms with Gasteiger partial charge in [0.15, 0.2) is 0 Å². The highest BCUT2D eigenvalue weighted by Crippen LogP contribution is 2.29. The molecule has 0 aliphatic carbocycles. The molecule has 0 spiro atoms. The van der Waals surface area contributed by atoms with Gasteiger partial charge in [0.2, 0.25) is 0 Å². The number of nitro benzene ring substituents is 1. The Morgan fingerprint density at radius 3 is 2.34 bits per heavy atom. The molecule has 1 aliphatic rings. The van der Waals surface area contributed by atoms with E-state index >= 15 is 0 Å². The van der Waals surface area contributed by atoms with E-state index in [9.17, 15) is 18.5 Å². The number of nitrogens with zero attached hydrogens (tertiary/aromatic N) is 3. The number of hydrogen-bond acceptors (Lipinski definition) is 7. The number of piperazine rings is 1. The van der Waals surface area contributed by atoms with Crippen molar-refractivity contribution in [2.45, 2.75) is 31.7 Å². The molecule has 1 saturated heterocycles. The van der Waals surface area contributed by atoms with E-state index in [0.717, 1.165) is 43.4 Å². The molecular weight excluding hydrogens is 430 g/mol. The lowest BCUT2D eigenvalue weighted by atomic mass is 10.1. The van der Waals surface area contributed by atoms with Gasteiger partial charge in [0, 0.05) is 44.8 Å². The van der Waals surface area contributed by atoms with Crippen molar-refractivity contribution < 1.29 is 13.3 Å². The molecule has 32 heavy (non-hydrogen) atoms. The maximum atomic E-state index is 12.9. The van der Waals surface area contributed by atoms with Crippen molar-refractivity contribution in [3.8, 4) is 0 Å². The highest BCUT2D eigenvalue weighted by molar-refractivity contribution is 7.92. The van der Waals surface area contributed by atoms with Crippen LogP contribution in [0.15, 0.2) is 41.3 Å². The van der Waals surface area contributed by atoms with Gasteiger partial charge in [-0.2, -0.15) is 0 Å². The number of sulfonamides is 1. The topological polar surface area (TPSA) is 108 Å². The Kier molecular flexibility index (Phi) is 7.37. The van der Waals surface area contributed by atoms with Crippen LogP contribution in [0.3, 0.4) is 0 Å². The third kappa shape index (κ3) is 5.76. The van der Waals surface area contributed by atoms with Crippen molar-refractivity contribution >= 4 is 27.1 Å². The Balaban J connectivity index is 1.75. The summed E-state index contributed by atoms with van der Waals surface area (Å²) in [5.74, 6) is 0. The third-order valence-electron chi connectivity index (χ3n) is 5.85. The van der Waals surface area contributed by atoms with Gasteiger partial charge in [-0.25, -0.2) is 8.42 Å². The van der Waals surface area contributed by atoms with Gasteiger partial charge in [-0.15, -0.1) is 0 Å². The van der Waals surface area contributed by atoms with E-state index in [-0.39, 0.29) is 16.6 Å². The summed E-state index contributed by atoms with van der Waals surface area (Å²) in [7, 11) is -1.88. The first-order valence-corrected chi connectivity index (χ1v) is 12.1. The lowest BCUT2D eigenvalue weighted by Gasteiger charge is -2.36. The Morgan fingerprint density at radius 1 is 1.06 bits per heavy atom. The fraction of sp³-hybridized carbons (Fsp3) is 0.455. The Labute approximate surface area is 189 Å². The maximum Gasteiger partial charge on any atom is 0.293 e. The minimum Gasteiger partial charge on any atom is -0.378 e. The van der Waals surface area contributed by atoms with Crippen molar-refractivity contribution in [1.29, 1.82) is 0 Å². The van der Waals surface area contributed by atoms with Crippen LogP contribution in [-0.2, 0) is 10.0 Å². The lowest BCUT2D eigenvalue weighted by Crippen LogP contribution is -2.49. The van der Waals surface area contributed by atoms with Gasteiger partial charge in [-0.05, 0) is 51.6 Å². The minimum absolute atomic E-state index is 0.151. The van der Waals surface area contributed by atoms with E-state index in [2.05, 4.69) is 33.8 Å². The summed E-state index contributed by atoms with van der Waals surface area (Å²) >= 11 is 0. The number of aryl methyl sites for hydroxylation is 2. The van der Waals surface area contributed by atoms with Crippen LogP contribution in [0.2, 0.25) is 0 Å². The minimum atomic E-state index is -3.97. The van der Waals surface area contributed by atoms with Crippen LogP contribution >= 0.6 is 0 Å². The Hall–Kier alpha value is -2.69. The molecule has 1 fully saturated rings. The first kappa shape index (κ1) is 24.0. The summed E-state index contributed by atoms with van der Waals surface area (Å²) in [6, 6.07) is 9.52. The van der Waals surface area contributed by atoms with Crippen LogP contribution in [0.5, 0.6) is 0 Å². The predicted octanol–water partition coefficient (Wildman–Crippen LogP) is 3.06. The molecule has 0 aromatic heterocycles. The molecule has 2 aromatic carbocycles. The number of nitro groups is 1. The molecule has 1 unspecified atom stereocenters. The molecule has 0 saturated carbocycles. The summed E-state index contributed by atoms with van der Waals surface area (Å²) in [5.41, 5.74) is 2.28. The summed E-state index contributed by atoms with van der Waals surface area (Å²) < 4.78 is 28.2. The van der Waals surface area contributed by atoms with E-state index in [1.807, 2.05) is 26.0 Å². The predicted molar refractivity (Wildman–Crippen MR) is 127 cm³/mol. The summed E-state index contributed by atoms with van der Waals surface area (Å²) in [6.07, 6.45) is 0. The zero-order chi connectivity index (χ0) is 23.5. The molecule has 0 bridgehead atoms. The van der Waals surface area contributed by atoms with Gasteiger partial charge in [0.1, 0.15) is 5.69 Å². The van der Waals surface area contributed by atoms with E-state index in [4.69, 9.17) is 0 Å². The van der Waals surface area contributed by atoms with Crippen molar-refractivity contribution in [2.75, 3.05) is 49.8 Å². The van der Waals surface area contributed by atoms with Crippen molar-refractivity contribution in [3.63, 3.8) is 0 Å². The van der Waals surface area contributed by atoms with E-state index in [1.54, 1.807) is 6.07 Å². The number of hydrogen-bond donors (Lipinski definition) is 2. The van der Waals surface area contributed by atoms with E-state index in [1.165, 1.54) is 12.1 Å². The summed E-state index contributed by atoms with van der Waals surface area (Å²) in [5, 5.41) is 14.8. The average molecular weight is 462 g/mol. The molecule has 3 rings (SSSR count). The zero-order valence-corrected chi connectivity index (χ0v) is 19.8. The van der Waals surface area contributed by atoms with Crippen LogP contribution in [-0.4, -0.2) is 69.0 Å². The second-order valence-electron chi connectivity index (χ2n) is 8.43. The standard InChI is InChI=1S/C22H31N5O4S/c1-16-5-7-20(17(2)13-16)24-32(30,31)19-6-8-21(22(14-19)27(28)29)23-15-18(3)26-11-9-25(4)10-12-26/h5-8,13-14,18,23-24H,9-12,15H2,1-4H3. The Bertz CT molecular complexity index is 1080. The smallest absolute Gasteiger partial charge is 0.293 e. The highest BCUT2D eigenvalue weighted by Gasteiger charge is 2.24. The molecule has 1 atom stereocenters. The molecule has 9 nitrogen and oxygen atoms in total. The number of rotatable bonds is 8. The number of nitrogens with one attached hydrogen (secondary N) is 2. The molecule has 0 radical (unpaired) electrons. The SMILES string of the molecule is Cc1ccc(NS(=O)(=O)c2ccc(NCC(C)N3CCN(C)CC3)c([N+](=O)[O-])c2)c(C)c1. The van der Waals surface area contributed by atoms with E-state index < -0.39 is 14.9 Å². The molecule has 0 amide bonds.